The predicted octanol–water partition coefficient (Wildman–Crippen LogP) is 1.14. The molecule has 0 saturated carbocycles. The van der Waals surface area contributed by atoms with Crippen molar-refractivity contribution in [1.82, 2.24) is 4.72 Å². The third kappa shape index (κ3) is 4.31. The summed E-state index contributed by atoms with van der Waals surface area (Å²) < 4.78 is 61.2. The molecule has 1 saturated heterocycles. The quantitative estimate of drug-likeness (QED) is 0.637. The lowest BCUT2D eigenvalue weighted by molar-refractivity contribution is -0.149. The fourth-order valence-corrected chi connectivity index (χ4v) is 2.91. The zero-order valence-corrected chi connectivity index (χ0v) is 13.2. The smallest absolute Gasteiger partial charge is 0.309 e. The summed E-state index contributed by atoms with van der Waals surface area (Å²) in [7, 11) is 1.24. The zero-order valence-electron chi connectivity index (χ0n) is 12.3. The Hall–Kier alpha value is -1.42. The predicted molar refractivity (Wildman–Crippen MR) is 75.8 cm³/mol. The molecule has 3 unspecified atom stereocenters. The van der Waals surface area contributed by atoms with Gasteiger partial charge in [-0.25, -0.2) is 13.5 Å². The van der Waals surface area contributed by atoms with Crippen molar-refractivity contribution in [1.29, 1.82) is 0 Å². The van der Waals surface area contributed by atoms with Gasteiger partial charge in [-0.1, -0.05) is 0 Å². The summed E-state index contributed by atoms with van der Waals surface area (Å²) in [5.74, 6) is -3.23. The van der Waals surface area contributed by atoms with Gasteiger partial charge in [0, 0.05) is 35.9 Å². The van der Waals surface area contributed by atoms with Gasteiger partial charge in [-0.15, -0.1) is 0 Å². The summed E-state index contributed by atoms with van der Waals surface area (Å²) in [6, 6.07) is 1.91. The number of ether oxygens (including phenoxy) is 2. The first-order valence-corrected chi connectivity index (χ1v) is 7.97. The topological polar surface area (TPSA) is 87.7 Å². The van der Waals surface area contributed by atoms with Crippen LogP contribution in [0.15, 0.2) is 12.1 Å². The summed E-state index contributed by atoms with van der Waals surface area (Å²) in [4.78, 5) is 11.8. The Labute approximate surface area is 134 Å². The molecule has 23 heavy (non-hydrogen) atoms. The molecule has 1 aromatic carbocycles. The monoisotopic (exact) mass is 348 g/mol. The minimum absolute atomic E-state index is 0.0181. The van der Waals surface area contributed by atoms with E-state index in [0.29, 0.717) is 13.0 Å². The first-order chi connectivity index (χ1) is 10.9. The second kappa shape index (κ2) is 7.91. The van der Waals surface area contributed by atoms with Gasteiger partial charge in [-0.2, -0.15) is 0 Å². The minimum atomic E-state index is -2.57. The lowest BCUT2D eigenvalue weighted by Crippen LogP contribution is -2.33. The molecule has 1 aliphatic heterocycles. The van der Waals surface area contributed by atoms with Gasteiger partial charge in [0.05, 0.1) is 19.6 Å². The molecule has 9 heteroatoms. The van der Waals surface area contributed by atoms with E-state index in [-0.39, 0.29) is 24.3 Å². The zero-order chi connectivity index (χ0) is 17.0. The maximum absolute atomic E-state index is 14.3. The van der Waals surface area contributed by atoms with E-state index in [1.165, 1.54) is 7.11 Å². The van der Waals surface area contributed by atoms with E-state index in [2.05, 4.69) is 0 Å². The number of hydrogen-bond acceptors (Lipinski definition) is 5. The van der Waals surface area contributed by atoms with Gasteiger partial charge in [0.25, 0.3) is 0 Å². The highest BCUT2D eigenvalue weighted by Gasteiger charge is 2.35. The normalized spacial score (nSPS) is 22.6. The maximum atomic E-state index is 14.3. The molecule has 0 aliphatic carbocycles. The molecule has 1 aliphatic rings. The molecule has 6 nitrogen and oxygen atoms in total. The van der Waals surface area contributed by atoms with E-state index in [0.717, 1.165) is 12.1 Å². The molecule has 1 fully saturated rings. The van der Waals surface area contributed by atoms with Crippen LogP contribution in [0.25, 0.3) is 0 Å². The van der Waals surface area contributed by atoms with Crippen LogP contribution in [0.2, 0.25) is 0 Å². The second-order valence-electron chi connectivity index (χ2n) is 5.12. The SMILES string of the molecule is COC(=O)C1CCOCC1c1cc(F)c(CNS(=O)[O-])cc1F. The molecule has 0 bridgehead atoms. The standard InChI is InChI=1S/C14H17F2NO5S/c1-21-14(18)9-2-3-22-7-11(9)10-5-12(15)8(4-13(10)16)6-17-23(19)20/h4-5,9,11,17H,2-3,6-7H2,1H3,(H,19,20)/p-1. The number of nitrogens with one attached hydrogen (secondary N) is 1. The first-order valence-electron chi connectivity index (χ1n) is 6.90. The van der Waals surface area contributed by atoms with E-state index in [1.54, 1.807) is 0 Å². The lowest BCUT2D eigenvalue weighted by Gasteiger charge is -2.30. The van der Waals surface area contributed by atoms with Crippen molar-refractivity contribution >= 4 is 17.2 Å². The van der Waals surface area contributed by atoms with Crippen LogP contribution in [0.5, 0.6) is 0 Å². The Morgan fingerprint density at radius 1 is 1.48 bits per heavy atom. The van der Waals surface area contributed by atoms with Crippen molar-refractivity contribution in [3.8, 4) is 0 Å². The van der Waals surface area contributed by atoms with Gasteiger partial charge in [0.15, 0.2) is 0 Å². The second-order valence-corrected chi connectivity index (χ2v) is 5.88. The molecule has 0 aromatic heterocycles. The molecule has 1 heterocycles. The molecule has 128 valence electrons. The average Bonchev–Trinajstić information content (AvgIpc) is 2.54. The van der Waals surface area contributed by atoms with E-state index < -0.39 is 40.7 Å². The maximum Gasteiger partial charge on any atom is 0.309 e. The van der Waals surface area contributed by atoms with Crippen LogP contribution >= 0.6 is 0 Å². The number of rotatable bonds is 5. The van der Waals surface area contributed by atoms with E-state index in [4.69, 9.17) is 9.47 Å². The van der Waals surface area contributed by atoms with Gasteiger partial charge < -0.3 is 14.0 Å². The van der Waals surface area contributed by atoms with Gasteiger partial charge >= 0.3 is 5.97 Å². The Bertz CT molecular complexity index is 613. The summed E-state index contributed by atoms with van der Waals surface area (Å²) in [5, 5.41) is 0. The van der Waals surface area contributed by atoms with Gasteiger partial charge in [0.1, 0.15) is 11.6 Å². The van der Waals surface area contributed by atoms with E-state index in [1.807, 2.05) is 4.72 Å². The lowest BCUT2D eigenvalue weighted by atomic mass is 9.82. The molecule has 3 atom stereocenters. The van der Waals surface area contributed by atoms with Crippen LogP contribution in [0.4, 0.5) is 8.78 Å². The van der Waals surface area contributed by atoms with Gasteiger partial charge in [-0.3, -0.25) is 9.00 Å². The van der Waals surface area contributed by atoms with Gasteiger partial charge in [0.2, 0.25) is 0 Å². The Balaban J connectivity index is 2.29. The number of esters is 1. The molecule has 0 spiro atoms. The highest BCUT2D eigenvalue weighted by Crippen LogP contribution is 2.34. The van der Waals surface area contributed by atoms with Crippen molar-refractivity contribution < 1.29 is 31.8 Å². The number of halogens is 2. The number of hydrogen-bond donors (Lipinski definition) is 1. The fraction of sp³-hybridized carbons (Fsp3) is 0.500. The number of carbonyl (C=O) groups is 1. The Kier molecular flexibility index (Phi) is 6.17. The summed E-state index contributed by atoms with van der Waals surface area (Å²) in [6.07, 6.45) is 0.358. The van der Waals surface area contributed by atoms with Crippen LogP contribution < -0.4 is 4.72 Å². The Morgan fingerprint density at radius 2 is 2.22 bits per heavy atom. The molecular formula is C14H16F2NO5S-. The van der Waals surface area contributed by atoms with Crippen LogP contribution in [0, 0.1) is 17.6 Å². The minimum Gasteiger partial charge on any atom is -0.760 e. The van der Waals surface area contributed by atoms with Crippen molar-refractivity contribution in [3.63, 3.8) is 0 Å². The third-order valence-corrected chi connectivity index (χ3v) is 4.19. The first kappa shape index (κ1) is 17.9. The summed E-state index contributed by atoms with van der Waals surface area (Å²) in [6.45, 7) is 0.0662. The summed E-state index contributed by atoms with van der Waals surface area (Å²) >= 11 is -2.57. The number of benzene rings is 1. The van der Waals surface area contributed by atoms with Crippen LogP contribution in [-0.4, -0.2) is 35.1 Å². The summed E-state index contributed by atoms with van der Waals surface area (Å²) in [5.41, 5.74) is -0.105. The van der Waals surface area contributed by atoms with Crippen LogP contribution in [0.3, 0.4) is 0 Å². The van der Waals surface area contributed by atoms with Crippen LogP contribution in [0.1, 0.15) is 23.5 Å². The largest absolute Gasteiger partial charge is 0.760 e. The molecule has 2 rings (SSSR count). The fourth-order valence-electron chi connectivity index (χ4n) is 2.64. The molecule has 0 radical (unpaired) electrons. The highest BCUT2D eigenvalue weighted by atomic mass is 32.2. The molecular weight excluding hydrogens is 332 g/mol. The van der Waals surface area contributed by atoms with E-state index in [9.17, 15) is 22.3 Å². The number of carbonyl (C=O) groups excluding carboxylic acids is 1. The average molecular weight is 348 g/mol. The Morgan fingerprint density at radius 3 is 2.87 bits per heavy atom. The van der Waals surface area contributed by atoms with Crippen molar-refractivity contribution in [2.24, 2.45) is 5.92 Å². The molecule has 0 amide bonds. The highest BCUT2D eigenvalue weighted by molar-refractivity contribution is 7.77. The third-order valence-electron chi connectivity index (χ3n) is 3.81. The van der Waals surface area contributed by atoms with Crippen LogP contribution in [-0.2, 0) is 32.1 Å². The molecule has 1 aromatic rings. The van der Waals surface area contributed by atoms with Crippen molar-refractivity contribution in [2.45, 2.75) is 18.9 Å². The van der Waals surface area contributed by atoms with Gasteiger partial charge in [-0.05, 0) is 24.1 Å². The van der Waals surface area contributed by atoms with E-state index >= 15 is 0 Å². The van der Waals surface area contributed by atoms with Crippen molar-refractivity contribution in [2.75, 3.05) is 20.3 Å². The molecule has 1 N–H and O–H groups in total. The van der Waals surface area contributed by atoms with Crippen molar-refractivity contribution in [3.05, 3.63) is 34.9 Å². The number of methoxy groups -OCH3 is 1.